The summed E-state index contributed by atoms with van der Waals surface area (Å²) < 4.78 is 52.2. The van der Waals surface area contributed by atoms with Gasteiger partial charge < -0.3 is 10.6 Å². The number of H-pyrrole nitrogens is 1. The minimum Gasteiger partial charge on any atom is -0.353 e. The van der Waals surface area contributed by atoms with Crippen molar-refractivity contribution >= 4 is 17.7 Å². The van der Waals surface area contributed by atoms with Gasteiger partial charge in [-0.15, -0.1) is 0 Å². The van der Waals surface area contributed by atoms with E-state index in [0.29, 0.717) is 22.6 Å². The van der Waals surface area contributed by atoms with Gasteiger partial charge in [0.25, 0.3) is 5.91 Å². The van der Waals surface area contributed by atoms with Gasteiger partial charge in [-0.2, -0.15) is 23.3 Å². The van der Waals surface area contributed by atoms with Crippen LogP contribution in [0.5, 0.6) is 0 Å². The first-order valence-electron chi connectivity index (χ1n) is 10.3. The van der Waals surface area contributed by atoms with Gasteiger partial charge in [0.15, 0.2) is 0 Å². The Kier molecular flexibility index (Phi) is 6.17. The second-order valence-corrected chi connectivity index (χ2v) is 7.87. The van der Waals surface area contributed by atoms with E-state index in [-0.39, 0.29) is 23.4 Å². The largest absolute Gasteiger partial charge is 0.416 e. The Balaban J connectivity index is 1.53. The number of halogens is 4. The number of amides is 1. The summed E-state index contributed by atoms with van der Waals surface area (Å²) in [6.45, 7) is 1.67. The number of hydrogen-bond donors (Lipinski definition) is 3. The molecule has 0 saturated heterocycles. The van der Waals surface area contributed by atoms with Gasteiger partial charge in [-0.25, -0.2) is 4.39 Å². The molecule has 1 heterocycles. The number of aliphatic imine (C=N–C) groups is 1. The standard InChI is InChI=1S/C23H21F4N5O/c1-13-5-6-15(11-18(13)24)19-12-20(32-31-19)29-22(28-17-3-2-4-17)30-21(33)14-7-9-16(10-8-14)23(25,26)27/h5-12,17H,2-4H2,1H3,(H3,28,29,30,31,32,33). The van der Waals surface area contributed by atoms with Crippen molar-refractivity contribution in [3.8, 4) is 11.3 Å². The number of carbonyl (C=O) groups excluding carboxylic acids is 1. The summed E-state index contributed by atoms with van der Waals surface area (Å²) >= 11 is 0. The molecule has 0 atom stereocenters. The fourth-order valence-electron chi connectivity index (χ4n) is 3.22. The molecule has 10 heteroatoms. The lowest BCUT2D eigenvalue weighted by molar-refractivity contribution is -0.137. The Bertz CT molecular complexity index is 1180. The number of aryl methyl sites for hydroxylation is 1. The van der Waals surface area contributed by atoms with Crippen LogP contribution in [-0.2, 0) is 6.18 Å². The van der Waals surface area contributed by atoms with Gasteiger partial charge in [0.1, 0.15) is 11.6 Å². The summed E-state index contributed by atoms with van der Waals surface area (Å²) in [7, 11) is 0. The zero-order valence-corrected chi connectivity index (χ0v) is 17.6. The van der Waals surface area contributed by atoms with Crippen LogP contribution in [0.4, 0.5) is 23.4 Å². The molecular formula is C23H21F4N5O. The minimum atomic E-state index is -4.48. The maximum absolute atomic E-state index is 13.9. The zero-order chi connectivity index (χ0) is 23.6. The van der Waals surface area contributed by atoms with Crippen LogP contribution in [0.25, 0.3) is 11.3 Å². The topological polar surface area (TPSA) is 82.2 Å². The molecule has 33 heavy (non-hydrogen) atoms. The summed E-state index contributed by atoms with van der Waals surface area (Å²) in [6.07, 6.45) is -1.62. The molecule has 3 N–H and O–H groups in total. The lowest BCUT2D eigenvalue weighted by atomic mass is 9.93. The van der Waals surface area contributed by atoms with Crippen LogP contribution >= 0.6 is 0 Å². The molecule has 2 aromatic carbocycles. The molecule has 1 aromatic heterocycles. The molecule has 1 saturated carbocycles. The third-order valence-electron chi connectivity index (χ3n) is 5.42. The maximum Gasteiger partial charge on any atom is 0.416 e. The lowest BCUT2D eigenvalue weighted by Gasteiger charge is -2.28. The maximum atomic E-state index is 13.9. The van der Waals surface area contributed by atoms with E-state index in [2.05, 4.69) is 25.8 Å². The van der Waals surface area contributed by atoms with E-state index >= 15 is 0 Å². The average molecular weight is 459 g/mol. The second kappa shape index (κ2) is 9.05. The first-order chi connectivity index (χ1) is 15.7. The van der Waals surface area contributed by atoms with E-state index in [9.17, 15) is 22.4 Å². The Labute approximate surface area is 187 Å². The predicted octanol–water partition coefficient (Wildman–Crippen LogP) is 5.29. The zero-order valence-electron chi connectivity index (χ0n) is 17.6. The normalized spacial score (nSPS) is 14.6. The molecule has 1 aliphatic rings. The summed E-state index contributed by atoms with van der Waals surface area (Å²) in [5.74, 6) is -0.480. The number of benzene rings is 2. The summed E-state index contributed by atoms with van der Waals surface area (Å²) in [4.78, 5) is 16.6. The van der Waals surface area contributed by atoms with E-state index in [1.165, 1.54) is 6.07 Å². The number of anilines is 1. The fourth-order valence-corrected chi connectivity index (χ4v) is 3.22. The Hall–Kier alpha value is -3.69. The highest BCUT2D eigenvalue weighted by atomic mass is 19.4. The number of carbonyl (C=O) groups is 1. The Morgan fingerprint density at radius 2 is 1.85 bits per heavy atom. The molecule has 6 nitrogen and oxygen atoms in total. The number of alkyl halides is 3. The van der Waals surface area contributed by atoms with E-state index in [1.807, 2.05) is 0 Å². The molecule has 4 rings (SSSR count). The molecule has 0 bridgehead atoms. The van der Waals surface area contributed by atoms with Crippen molar-refractivity contribution in [2.75, 3.05) is 5.32 Å². The third-order valence-corrected chi connectivity index (χ3v) is 5.42. The summed E-state index contributed by atoms with van der Waals surface area (Å²) in [5, 5.41) is 13.0. The van der Waals surface area contributed by atoms with Crippen molar-refractivity contribution in [1.82, 2.24) is 15.5 Å². The highest BCUT2D eigenvalue weighted by molar-refractivity contribution is 6.06. The SMILES string of the molecule is Cc1ccc(-c2cc(N/C(=N\C(=O)c3ccc(C(F)(F)F)cc3)NC3CCC3)[nH]n2)cc1F. The van der Waals surface area contributed by atoms with Crippen molar-refractivity contribution < 1.29 is 22.4 Å². The second-order valence-electron chi connectivity index (χ2n) is 7.87. The fraction of sp³-hybridized carbons (Fsp3) is 0.261. The van der Waals surface area contributed by atoms with Crippen LogP contribution < -0.4 is 10.6 Å². The van der Waals surface area contributed by atoms with E-state index in [4.69, 9.17) is 0 Å². The van der Waals surface area contributed by atoms with Crippen molar-refractivity contribution in [1.29, 1.82) is 0 Å². The number of rotatable bonds is 4. The molecule has 1 aliphatic carbocycles. The number of nitrogens with zero attached hydrogens (tertiary/aromatic N) is 2. The third kappa shape index (κ3) is 5.39. The molecular weight excluding hydrogens is 438 g/mol. The van der Waals surface area contributed by atoms with Gasteiger partial charge in [-0.1, -0.05) is 12.1 Å². The smallest absolute Gasteiger partial charge is 0.353 e. The molecule has 0 aliphatic heterocycles. The van der Waals surface area contributed by atoms with Gasteiger partial charge in [0, 0.05) is 23.2 Å². The van der Waals surface area contributed by atoms with Crippen LogP contribution in [0.1, 0.15) is 40.7 Å². The monoisotopic (exact) mass is 459 g/mol. The van der Waals surface area contributed by atoms with Crippen LogP contribution in [0, 0.1) is 12.7 Å². The number of hydrogen-bond acceptors (Lipinski definition) is 2. The van der Waals surface area contributed by atoms with E-state index in [0.717, 1.165) is 43.5 Å². The Morgan fingerprint density at radius 3 is 2.45 bits per heavy atom. The molecule has 0 unspecified atom stereocenters. The average Bonchev–Trinajstić information content (AvgIpc) is 3.20. The van der Waals surface area contributed by atoms with Gasteiger partial charge in [-0.3, -0.25) is 9.89 Å². The van der Waals surface area contributed by atoms with Crippen LogP contribution in [0.3, 0.4) is 0 Å². The van der Waals surface area contributed by atoms with Crippen LogP contribution in [0.2, 0.25) is 0 Å². The minimum absolute atomic E-state index is 0.0261. The molecule has 0 spiro atoms. The highest BCUT2D eigenvalue weighted by Crippen LogP contribution is 2.29. The first-order valence-corrected chi connectivity index (χ1v) is 10.3. The van der Waals surface area contributed by atoms with Crippen LogP contribution in [0.15, 0.2) is 53.5 Å². The lowest BCUT2D eigenvalue weighted by Crippen LogP contribution is -2.43. The number of aromatic nitrogens is 2. The summed E-state index contributed by atoms with van der Waals surface area (Å²) in [5.41, 5.74) is 0.778. The molecule has 0 radical (unpaired) electrons. The van der Waals surface area contributed by atoms with Crippen LogP contribution in [-0.4, -0.2) is 28.1 Å². The van der Waals surface area contributed by atoms with Gasteiger partial charge in [0.05, 0.1) is 11.3 Å². The molecule has 172 valence electrons. The molecule has 1 amide bonds. The van der Waals surface area contributed by atoms with Crippen molar-refractivity contribution in [3.05, 3.63) is 71.0 Å². The number of nitrogens with one attached hydrogen (secondary N) is 3. The molecule has 1 fully saturated rings. The van der Waals surface area contributed by atoms with Gasteiger partial charge in [0.2, 0.25) is 5.96 Å². The quantitative estimate of drug-likeness (QED) is 0.281. The number of aromatic amines is 1. The van der Waals surface area contributed by atoms with Crippen molar-refractivity contribution in [3.63, 3.8) is 0 Å². The van der Waals surface area contributed by atoms with Crippen molar-refractivity contribution in [2.24, 2.45) is 4.99 Å². The summed E-state index contributed by atoms with van der Waals surface area (Å²) in [6, 6.07) is 10.4. The first kappa shape index (κ1) is 22.5. The number of guanidine groups is 1. The molecule has 3 aromatic rings. The predicted molar refractivity (Wildman–Crippen MR) is 116 cm³/mol. The van der Waals surface area contributed by atoms with E-state index < -0.39 is 17.6 Å². The van der Waals surface area contributed by atoms with E-state index in [1.54, 1.807) is 25.1 Å². The van der Waals surface area contributed by atoms with Gasteiger partial charge in [-0.05, 0) is 62.1 Å². The van der Waals surface area contributed by atoms with Gasteiger partial charge >= 0.3 is 6.18 Å². The van der Waals surface area contributed by atoms with Crippen molar-refractivity contribution in [2.45, 2.75) is 38.4 Å². The highest BCUT2D eigenvalue weighted by Gasteiger charge is 2.30. The Morgan fingerprint density at radius 1 is 1.12 bits per heavy atom.